The lowest BCUT2D eigenvalue weighted by Gasteiger charge is -2.26. The molecule has 37 heavy (non-hydrogen) atoms. The van der Waals surface area contributed by atoms with Crippen LogP contribution in [0.5, 0.6) is 0 Å². The Morgan fingerprint density at radius 1 is 1.22 bits per heavy atom. The third kappa shape index (κ3) is 5.49. The van der Waals surface area contributed by atoms with Crippen LogP contribution in [-0.2, 0) is 14.8 Å². The second-order valence-electron chi connectivity index (χ2n) is 10.4. The van der Waals surface area contributed by atoms with E-state index in [2.05, 4.69) is 10.3 Å². The summed E-state index contributed by atoms with van der Waals surface area (Å²) < 4.78 is 33.2. The first kappa shape index (κ1) is 26.7. The normalized spacial score (nSPS) is 14.1. The van der Waals surface area contributed by atoms with Crippen molar-refractivity contribution < 1.29 is 27.5 Å². The largest absolute Gasteiger partial charge is 0.481 e. The number of carbonyl (C=O) groups is 2. The molecule has 1 saturated carbocycles. The van der Waals surface area contributed by atoms with Crippen LogP contribution in [0.25, 0.3) is 22.4 Å². The molecule has 4 rings (SSSR count). The van der Waals surface area contributed by atoms with E-state index in [1.807, 2.05) is 37.3 Å². The Balaban J connectivity index is 1.85. The molecule has 0 atom stereocenters. The summed E-state index contributed by atoms with van der Waals surface area (Å²) in [5.74, 6) is -0.478. The van der Waals surface area contributed by atoms with E-state index in [0.29, 0.717) is 35.1 Å². The minimum absolute atomic E-state index is 0.0849. The third-order valence-corrected chi connectivity index (χ3v) is 8.01. The number of aryl methyl sites for hydroxylation is 1. The molecule has 1 aromatic carbocycles. The minimum atomic E-state index is -3.73. The van der Waals surface area contributed by atoms with Crippen LogP contribution >= 0.6 is 0 Å². The van der Waals surface area contributed by atoms with Gasteiger partial charge in [0.15, 0.2) is 0 Å². The maximum Gasteiger partial charge on any atom is 0.309 e. The predicted octanol–water partition coefficient (Wildman–Crippen LogP) is 4.70. The number of carboxylic acids is 1. The molecule has 0 spiro atoms. The first-order valence-corrected chi connectivity index (χ1v) is 14.2. The number of furan rings is 1. The summed E-state index contributed by atoms with van der Waals surface area (Å²) >= 11 is 0. The van der Waals surface area contributed by atoms with Gasteiger partial charge in [-0.1, -0.05) is 29.8 Å². The van der Waals surface area contributed by atoms with Crippen LogP contribution in [0.1, 0.15) is 66.9 Å². The van der Waals surface area contributed by atoms with E-state index < -0.39 is 21.4 Å². The van der Waals surface area contributed by atoms with Gasteiger partial charge < -0.3 is 14.8 Å². The van der Waals surface area contributed by atoms with Gasteiger partial charge in [0.2, 0.25) is 15.7 Å². The van der Waals surface area contributed by atoms with E-state index in [9.17, 15) is 23.1 Å². The Morgan fingerprint density at radius 3 is 2.41 bits per heavy atom. The van der Waals surface area contributed by atoms with Gasteiger partial charge in [-0.15, -0.1) is 0 Å². The zero-order valence-electron chi connectivity index (χ0n) is 21.8. The highest BCUT2D eigenvalue weighted by molar-refractivity contribution is 7.92. The average Bonchev–Trinajstić information content (AvgIpc) is 3.60. The Morgan fingerprint density at radius 2 is 1.86 bits per heavy atom. The number of amides is 1. The zero-order valence-corrected chi connectivity index (χ0v) is 22.6. The number of aliphatic carboxylic acids is 1. The van der Waals surface area contributed by atoms with Crippen molar-refractivity contribution in [3.05, 3.63) is 47.0 Å². The van der Waals surface area contributed by atoms with Crippen LogP contribution in [0.4, 0.5) is 5.82 Å². The zero-order chi connectivity index (χ0) is 27.1. The standard InChI is InChI=1S/C27H33N3O6S/c1-16-7-9-18(10-8-16)22-21(24(31)28-4)20-15-19(17-11-12-17)23(29-25(20)36-22)30(37(5,34)35)14-6-13-27(2,3)26(32)33/h7-10,15,17H,6,11-14H2,1-5H3,(H,28,31)(H,32,33). The summed E-state index contributed by atoms with van der Waals surface area (Å²) in [6.45, 7) is 5.29. The van der Waals surface area contributed by atoms with E-state index in [1.165, 1.54) is 4.31 Å². The van der Waals surface area contributed by atoms with Gasteiger partial charge >= 0.3 is 5.97 Å². The monoisotopic (exact) mass is 527 g/mol. The molecule has 198 valence electrons. The molecular weight excluding hydrogens is 494 g/mol. The highest BCUT2D eigenvalue weighted by Crippen LogP contribution is 2.47. The molecule has 1 fully saturated rings. The molecule has 1 aliphatic carbocycles. The number of rotatable bonds is 10. The number of pyridine rings is 1. The molecule has 2 aromatic heterocycles. The highest BCUT2D eigenvalue weighted by Gasteiger charge is 2.35. The van der Waals surface area contributed by atoms with Crippen LogP contribution < -0.4 is 9.62 Å². The lowest BCUT2D eigenvalue weighted by atomic mass is 9.88. The van der Waals surface area contributed by atoms with Gasteiger partial charge in [-0.2, -0.15) is 4.98 Å². The van der Waals surface area contributed by atoms with Crippen LogP contribution in [0, 0.1) is 12.3 Å². The number of hydrogen-bond donors (Lipinski definition) is 2. The molecule has 0 aliphatic heterocycles. The summed E-state index contributed by atoms with van der Waals surface area (Å²) in [4.78, 5) is 29.2. The molecular formula is C27H33N3O6S. The smallest absolute Gasteiger partial charge is 0.309 e. The van der Waals surface area contributed by atoms with Crippen molar-refractivity contribution in [1.29, 1.82) is 0 Å². The highest BCUT2D eigenvalue weighted by atomic mass is 32.2. The van der Waals surface area contributed by atoms with Crippen molar-refractivity contribution in [2.75, 3.05) is 24.2 Å². The van der Waals surface area contributed by atoms with Crippen LogP contribution in [0.2, 0.25) is 0 Å². The Kier molecular flexibility index (Phi) is 7.07. The van der Waals surface area contributed by atoms with Crippen molar-refractivity contribution in [3.8, 4) is 11.3 Å². The number of anilines is 1. The second-order valence-corrected chi connectivity index (χ2v) is 12.3. The van der Waals surface area contributed by atoms with Gasteiger partial charge in [0.1, 0.15) is 11.6 Å². The summed E-state index contributed by atoms with van der Waals surface area (Å²) in [6, 6.07) is 9.42. The van der Waals surface area contributed by atoms with Crippen LogP contribution in [0.3, 0.4) is 0 Å². The Hall–Kier alpha value is -3.40. The molecule has 10 heteroatoms. The first-order chi connectivity index (χ1) is 17.3. The molecule has 0 radical (unpaired) electrons. The summed E-state index contributed by atoms with van der Waals surface area (Å²) in [6.07, 6.45) is 3.54. The number of sulfonamides is 1. The van der Waals surface area contributed by atoms with Crippen molar-refractivity contribution in [2.45, 2.75) is 52.4 Å². The number of carboxylic acid groups (broad SMARTS) is 1. The second kappa shape index (κ2) is 9.81. The average molecular weight is 528 g/mol. The maximum atomic E-state index is 13.0. The van der Waals surface area contributed by atoms with Gasteiger partial charge in [-0.3, -0.25) is 13.9 Å². The van der Waals surface area contributed by atoms with Crippen molar-refractivity contribution in [2.24, 2.45) is 5.41 Å². The van der Waals surface area contributed by atoms with E-state index in [0.717, 1.165) is 30.2 Å². The number of carbonyl (C=O) groups excluding carboxylic acids is 1. The Labute approximate surface area is 216 Å². The quantitative estimate of drug-likeness (QED) is 0.391. The Bertz CT molecular complexity index is 1450. The number of hydrogen-bond acceptors (Lipinski definition) is 6. The van der Waals surface area contributed by atoms with Gasteiger partial charge in [0.05, 0.1) is 22.6 Å². The third-order valence-electron chi connectivity index (χ3n) is 6.85. The van der Waals surface area contributed by atoms with E-state index in [1.54, 1.807) is 20.9 Å². The lowest BCUT2D eigenvalue weighted by molar-refractivity contribution is -0.147. The molecule has 9 nitrogen and oxygen atoms in total. The summed E-state index contributed by atoms with van der Waals surface area (Å²) in [5.41, 5.74) is 2.08. The molecule has 0 saturated heterocycles. The van der Waals surface area contributed by atoms with Gasteiger partial charge in [0, 0.05) is 19.2 Å². The molecule has 3 aromatic rings. The lowest BCUT2D eigenvalue weighted by Crippen LogP contribution is -2.34. The van der Waals surface area contributed by atoms with E-state index in [-0.39, 0.29) is 29.9 Å². The maximum absolute atomic E-state index is 13.0. The molecule has 2 N–H and O–H groups in total. The van der Waals surface area contributed by atoms with Crippen LogP contribution in [-0.4, -0.2) is 50.2 Å². The number of nitrogens with one attached hydrogen (secondary N) is 1. The SMILES string of the molecule is CNC(=O)c1c(-c2ccc(C)cc2)oc2nc(N(CCCC(C)(C)C(=O)O)S(C)(=O)=O)c(C3CC3)cc12. The topological polar surface area (TPSA) is 130 Å². The first-order valence-electron chi connectivity index (χ1n) is 12.3. The van der Waals surface area contributed by atoms with Crippen molar-refractivity contribution in [1.82, 2.24) is 10.3 Å². The number of benzene rings is 1. The fraction of sp³-hybridized carbons (Fsp3) is 0.444. The number of fused-ring (bicyclic) bond motifs is 1. The fourth-order valence-electron chi connectivity index (χ4n) is 4.38. The number of aromatic nitrogens is 1. The molecule has 0 unspecified atom stereocenters. The molecule has 2 heterocycles. The molecule has 1 aliphatic rings. The number of nitrogens with zero attached hydrogens (tertiary/aromatic N) is 2. The van der Waals surface area contributed by atoms with Gasteiger partial charge in [0.25, 0.3) is 5.91 Å². The van der Waals surface area contributed by atoms with E-state index in [4.69, 9.17) is 4.42 Å². The molecule has 0 bridgehead atoms. The van der Waals surface area contributed by atoms with Crippen molar-refractivity contribution >= 4 is 38.8 Å². The summed E-state index contributed by atoms with van der Waals surface area (Å²) in [5, 5.41) is 12.6. The molecule has 1 amide bonds. The predicted molar refractivity (Wildman–Crippen MR) is 142 cm³/mol. The summed E-state index contributed by atoms with van der Waals surface area (Å²) in [7, 11) is -2.18. The van der Waals surface area contributed by atoms with Gasteiger partial charge in [-0.25, -0.2) is 8.42 Å². The van der Waals surface area contributed by atoms with Crippen molar-refractivity contribution in [3.63, 3.8) is 0 Å². The van der Waals surface area contributed by atoms with E-state index >= 15 is 0 Å². The minimum Gasteiger partial charge on any atom is -0.481 e. The van der Waals surface area contributed by atoms with Gasteiger partial charge in [-0.05, 0) is 64.0 Å². The fourth-order valence-corrected chi connectivity index (χ4v) is 5.30. The van der Waals surface area contributed by atoms with Crippen LogP contribution in [0.15, 0.2) is 34.7 Å².